The lowest BCUT2D eigenvalue weighted by Crippen LogP contribution is -2.49. The van der Waals surface area contributed by atoms with E-state index in [0.29, 0.717) is 11.1 Å². The monoisotopic (exact) mass is 738 g/mol. The van der Waals surface area contributed by atoms with Crippen LogP contribution in [-0.2, 0) is 57.7 Å². The molecule has 4 aromatic rings. The molecule has 1 fully saturated rings. The molecule has 0 spiro atoms. The first kappa shape index (κ1) is 38.1. The Kier molecular flexibility index (Phi) is 11.4. The quantitative estimate of drug-likeness (QED) is 0.119. The van der Waals surface area contributed by atoms with Gasteiger partial charge in [0.2, 0.25) is 0 Å². The number of sulfone groups is 1. The number of nitrogen functional groups attached to an aromatic ring is 2. The van der Waals surface area contributed by atoms with Gasteiger partial charge in [-0.3, -0.25) is 0 Å². The van der Waals surface area contributed by atoms with Crippen molar-refractivity contribution < 1.29 is 54.4 Å². The molecule has 6 N–H and O–H groups in total. The number of anilines is 2. The van der Waals surface area contributed by atoms with Gasteiger partial charge in [-0.25, -0.2) is 8.42 Å². The zero-order valence-corrected chi connectivity index (χ0v) is 27.7. The molecule has 51 heavy (non-hydrogen) atoms. The standard InChI is InChI=1S/C36H36F6N2O6S/c37-35(38,39)25-15-23(11-13-27(25)43)19-49-33-29(17-21-7-3-1-4-8-21)51(47,48)30(18-22-9-5-2-6-10-22)34(32(46)31(33)45)50-20-24-12-14-28(44)26(16-24)36(40,41)42/h1-16,29-34,45-46H,17-20,43-44H2/t29-,30-,31-,32-,33+,34+/m1/s1. The number of aliphatic hydroxyl groups is 2. The van der Waals surface area contributed by atoms with Crippen LogP contribution in [0.25, 0.3) is 0 Å². The second-order valence-corrected chi connectivity index (χ2v) is 14.8. The van der Waals surface area contributed by atoms with Crippen molar-refractivity contribution in [3.63, 3.8) is 0 Å². The highest BCUT2D eigenvalue weighted by atomic mass is 32.2. The number of rotatable bonds is 10. The Balaban J connectivity index is 1.56. The van der Waals surface area contributed by atoms with Gasteiger partial charge in [0, 0.05) is 11.4 Å². The number of halogens is 6. The highest BCUT2D eigenvalue weighted by Crippen LogP contribution is 2.38. The molecule has 0 bridgehead atoms. The fraction of sp³-hybridized carbons (Fsp3) is 0.333. The van der Waals surface area contributed by atoms with Gasteiger partial charge in [0.25, 0.3) is 0 Å². The van der Waals surface area contributed by atoms with E-state index in [1.807, 2.05) is 0 Å². The molecule has 1 saturated heterocycles. The van der Waals surface area contributed by atoms with Crippen LogP contribution in [0.15, 0.2) is 97.1 Å². The molecule has 0 aliphatic carbocycles. The van der Waals surface area contributed by atoms with E-state index in [0.717, 1.165) is 24.3 Å². The molecule has 8 nitrogen and oxygen atoms in total. The Labute approximate surface area is 290 Å². The topological polar surface area (TPSA) is 145 Å². The van der Waals surface area contributed by atoms with E-state index in [4.69, 9.17) is 20.9 Å². The van der Waals surface area contributed by atoms with Gasteiger partial charge < -0.3 is 31.2 Å². The van der Waals surface area contributed by atoms with E-state index in [2.05, 4.69) is 0 Å². The van der Waals surface area contributed by atoms with Gasteiger partial charge in [0.05, 0.1) is 34.8 Å². The van der Waals surface area contributed by atoms with E-state index >= 15 is 0 Å². The minimum absolute atomic E-state index is 0.0317. The number of hydrogen-bond donors (Lipinski definition) is 4. The summed E-state index contributed by atoms with van der Waals surface area (Å²) in [6.07, 6.45) is -17.4. The van der Waals surface area contributed by atoms with Crippen LogP contribution in [-0.4, -0.2) is 53.5 Å². The molecule has 1 aliphatic rings. The first-order valence-corrected chi connectivity index (χ1v) is 17.4. The molecule has 6 atom stereocenters. The molecule has 4 aromatic carbocycles. The van der Waals surface area contributed by atoms with E-state index in [-0.39, 0.29) is 24.0 Å². The van der Waals surface area contributed by atoms with Crippen LogP contribution in [0.3, 0.4) is 0 Å². The summed E-state index contributed by atoms with van der Waals surface area (Å²) in [6.45, 7) is -1.20. The Morgan fingerprint density at radius 2 is 0.922 bits per heavy atom. The zero-order chi connectivity index (χ0) is 37.1. The average Bonchev–Trinajstić information content (AvgIpc) is 3.12. The van der Waals surface area contributed by atoms with Crippen molar-refractivity contribution in [2.75, 3.05) is 11.5 Å². The van der Waals surface area contributed by atoms with Crippen LogP contribution in [0.5, 0.6) is 0 Å². The van der Waals surface area contributed by atoms with Crippen molar-refractivity contribution in [3.8, 4) is 0 Å². The molecule has 0 amide bonds. The van der Waals surface area contributed by atoms with E-state index < -0.39 is 92.8 Å². The van der Waals surface area contributed by atoms with Crippen LogP contribution in [0.2, 0.25) is 0 Å². The lowest BCUT2D eigenvalue weighted by molar-refractivity contribution is -0.141. The third kappa shape index (κ3) is 8.84. The Morgan fingerprint density at radius 3 is 1.25 bits per heavy atom. The normalized spacial score (nSPS) is 23.8. The summed E-state index contributed by atoms with van der Waals surface area (Å²) < 4.78 is 123. The van der Waals surface area contributed by atoms with Crippen molar-refractivity contribution >= 4 is 21.2 Å². The molecule has 0 aromatic heterocycles. The molecule has 5 rings (SSSR count). The third-order valence-electron chi connectivity index (χ3n) is 8.89. The zero-order valence-electron chi connectivity index (χ0n) is 26.9. The maximum Gasteiger partial charge on any atom is 0.418 e. The van der Waals surface area contributed by atoms with Crippen LogP contribution in [0, 0.1) is 0 Å². The third-order valence-corrected chi connectivity index (χ3v) is 11.4. The maximum absolute atomic E-state index is 14.8. The van der Waals surface area contributed by atoms with Crippen molar-refractivity contribution in [1.29, 1.82) is 0 Å². The molecular weight excluding hydrogens is 702 g/mol. The summed E-state index contributed by atoms with van der Waals surface area (Å²) in [6, 6.07) is 22.8. The first-order valence-electron chi connectivity index (χ1n) is 15.8. The van der Waals surface area contributed by atoms with Gasteiger partial charge in [-0.1, -0.05) is 72.8 Å². The predicted octanol–water partition coefficient (Wildman–Crippen LogP) is 5.73. The largest absolute Gasteiger partial charge is 0.418 e. The second kappa shape index (κ2) is 15.2. The van der Waals surface area contributed by atoms with Crippen LogP contribution >= 0.6 is 0 Å². The Hall–Kier alpha value is -4.15. The van der Waals surface area contributed by atoms with Gasteiger partial charge in [0.15, 0.2) is 9.84 Å². The van der Waals surface area contributed by atoms with Gasteiger partial charge >= 0.3 is 12.4 Å². The van der Waals surface area contributed by atoms with Crippen LogP contribution in [0.4, 0.5) is 37.7 Å². The van der Waals surface area contributed by atoms with Crippen molar-refractivity contribution in [2.24, 2.45) is 0 Å². The molecule has 274 valence electrons. The van der Waals surface area contributed by atoms with E-state index in [1.165, 1.54) is 12.1 Å². The number of alkyl halides is 6. The summed E-state index contributed by atoms with van der Waals surface area (Å²) in [7, 11) is -4.52. The SMILES string of the molecule is Nc1ccc(CO[C@@H]2[C@H](O)[C@@H](O)[C@@H](OCc3ccc(N)c(C(F)(F)F)c3)[C@@H](Cc3ccccc3)S(=O)(=O)[C@@H]2Cc2ccccc2)cc1C(F)(F)F. The van der Waals surface area contributed by atoms with Crippen LogP contribution < -0.4 is 11.5 Å². The summed E-state index contributed by atoms with van der Waals surface area (Å²) in [4.78, 5) is 0. The molecule has 0 unspecified atom stereocenters. The van der Waals surface area contributed by atoms with Gasteiger partial charge in [0.1, 0.15) is 24.4 Å². The number of ether oxygens (including phenoxy) is 2. The molecule has 1 heterocycles. The number of hydrogen-bond acceptors (Lipinski definition) is 8. The maximum atomic E-state index is 14.8. The lowest BCUT2D eigenvalue weighted by Gasteiger charge is -2.31. The summed E-state index contributed by atoms with van der Waals surface area (Å²) in [5.74, 6) is 0. The summed E-state index contributed by atoms with van der Waals surface area (Å²) in [5, 5.41) is 20.2. The summed E-state index contributed by atoms with van der Waals surface area (Å²) in [5.41, 5.74) is 8.71. The number of nitrogens with two attached hydrogens (primary N) is 2. The van der Waals surface area contributed by atoms with Crippen molar-refractivity contribution in [1.82, 2.24) is 0 Å². The van der Waals surface area contributed by atoms with Crippen molar-refractivity contribution in [2.45, 2.75) is 73.3 Å². The van der Waals surface area contributed by atoms with Crippen molar-refractivity contribution in [3.05, 3.63) is 130 Å². The molecular formula is C36H36F6N2O6S. The Bertz CT molecular complexity index is 1760. The van der Waals surface area contributed by atoms with Gasteiger partial charge in [-0.15, -0.1) is 0 Å². The molecule has 1 aliphatic heterocycles. The molecule has 15 heteroatoms. The number of benzene rings is 4. The molecule has 0 radical (unpaired) electrons. The first-order chi connectivity index (χ1) is 24.0. The highest BCUT2D eigenvalue weighted by molar-refractivity contribution is 7.92. The average molecular weight is 739 g/mol. The predicted molar refractivity (Wildman–Crippen MR) is 178 cm³/mol. The van der Waals surface area contributed by atoms with Crippen LogP contribution in [0.1, 0.15) is 33.4 Å². The second-order valence-electron chi connectivity index (χ2n) is 12.4. The minimum atomic E-state index is -4.79. The van der Waals surface area contributed by atoms with E-state index in [1.54, 1.807) is 60.7 Å². The lowest BCUT2D eigenvalue weighted by atomic mass is 9.94. The van der Waals surface area contributed by atoms with Gasteiger partial charge in [-0.05, 0) is 59.4 Å². The highest BCUT2D eigenvalue weighted by Gasteiger charge is 2.54. The summed E-state index contributed by atoms with van der Waals surface area (Å²) >= 11 is 0. The van der Waals surface area contributed by atoms with Gasteiger partial charge in [-0.2, -0.15) is 26.3 Å². The fourth-order valence-electron chi connectivity index (χ4n) is 6.26. The number of aliphatic hydroxyl groups excluding tert-OH is 2. The molecule has 0 saturated carbocycles. The van der Waals surface area contributed by atoms with E-state index in [9.17, 15) is 45.0 Å². The Morgan fingerprint density at radius 1 is 0.569 bits per heavy atom. The smallest absolute Gasteiger partial charge is 0.398 e. The minimum Gasteiger partial charge on any atom is -0.398 e. The fourth-order valence-corrected chi connectivity index (χ4v) is 8.78.